The van der Waals surface area contributed by atoms with E-state index in [4.69, 9.17) is 5.11 Å². The van der Waals surface area contributed by atoms with Crippen molar-refractivity contribution in [3.8, 4) is 0 Å². The Labute approximate surface area is 99.6 Å². The van der Waals surface area contributed by atoms with Crippen LogP contribution in [0.3, 0.4) is 0 Å². The van der Waals surface area contributed by atoms with Crippen molar-refractivity contribution < 1.29 is 14.7 Å². The first kappa shape index (κ1) is 13.3. The van der Waals surface area contributed by atoms with E-state index in [1.165, 1.54) is 0 Å². The van der Waals surface area contributed by atoms with Gasteiger partial charge in [0.2, 0.25) is 5.91 Å². The molecule has 0 radical (unpaired) electrons. The SMILES string of the molecule is CNC(=O)C(C)N1CCSCC1CC(=O)O. The van der Waals surface area contributed by atoms with E-state index in [0.29, 0.717) is 0 Å². The van der Waals surface area contributed by atoms with Gasteiger partial charge < -0.3 is 10.4 Å². The molecule has 1 rings (SSSR count). The smallest absolute Gasteiger partial charge is 0.304 e. The van der Waals surface area contributed by atoms with E-state index in [0.717, 1.165) is 18.1 Å². The molecular weight excluding hydrogens is 228 g/mol. The minimum Gasteiger partial charge on any atom is -0.481 e. The highest BCUT2D eigenvalue weighted by Crippen LogP contribution is 2.21. The Hall–Kier alpha value is -0.750. The van der Waals surface area contributed by atoms with Gasteiger partial charge in [0.15, 0.2) is 0 Å². The van der Waals surface area contributed by atoms with E-state index in [9.17, 15) is 9.59 Å². The van der Waals surface area contributed by atoms with E-state index < -0.39 is 5.97 Å². The lowest BCUT2D eigenvalue weighted by Crippen LogP contribution is -2.53. The van der Waals surface area contributed by atoms with Crippen molar-refractivity contribution in [3.05, 3.63) is 0 Å². The first-order valence-electron chi connectivity index (χ1n) is 5.33. The molecule has 5 nitrogen and oxygen atoms in total. The lowest BCUT2D eigenvalue weighted by molar-refractivity contribution is -0.139. The highest BCUT2D eigenvalue weighted by Gasteiger charge is 2.31. The molecule has 6 heteroatoms. The Bertz CT molecular complexity index is 273. The third kappa shape index (κ3) is 3.38. The van der Waals surface area contributed by atoms with E-state index >= 15 is 0 Å². The Balaban J connectivity index is 2.65. The number of carbonyl (C=O) groups is 2. The van der Waals surface area contributed by atoms with Crippen molar-refractivity contribution in [2.45, 2.75) is 25.4 Å². The maximum atomic E-state index is 11.5. The molecule has 1 heterocycles. The van der Waals surface area contributed by atoms with Crippen molar-refractivity contribution in [2.24, 2.45) is 0 Å². The Morgan fingerprint density at radius 1 is 1.62 bits per heavy atom. The van der Waals surface area contributed by atoms with Gasteiger partial charge in [-0.1, -0.05) is 0 Å². The highest BCUT2D eigenvalue weighted by molar-refractivity contribution is 7.99. The molecule has 2 unspecified atom stereocenters. The second kappa shape index (κ2) is 6.10. The zero-order valence-electron chi connectivity index (χ0n) is 9.60. The van der Waals surface area contributed by atoms with E-state index in [1.807, 2.05) is 11.8 Å². The van der Waals surface area contributed by atoms with Crippen LogP contribution in [0.25, 0.3) is 0 Å². The normalized spacial score (nSPS) is 23.8. The first-order chi connectivity index (χ1) is 7.56. The Morgan fingerprint density at radius 3 is 2.88 bits per heavy atom. The van der Waals surface area contributed by atoms with Crippen LogP contribution in [0.4, 0.5) is 0 Å². The Kier molecular flexibility index (Phi) is 5.08. The molecule has 1 amide bonds. The van der Waals surface area contributed by atoms with Gasteiger partial charge in [-0.15, -0.1) is 0 Å². The number of carbonyl (C=O) groups excluding carboxylic acids is 1. The third-order valence-electron chi connectivity index (χ3n) is 2.81. The van der Waals surface area contributed by atoms with Crippen LogP contribution in [0.15, 0.2) is 0 Å². The average Bonchev–Trinajstić information content (AvgIpc) is 2.27. The van der Waals surface area contributed by atoms with Gasteiger partial charge >= 0.3 is 5.97 Å². The summed E-state index contributed by atoms with van der Waals surface area (Å²) in [6.45, 7) is 2.60. The number of carboxylic acid groups (broad SMARTS) is 1. The van der Waals surface area contributed by atoms with Crippen LogP contribution in [-0.2, 0) is 9.59 Å². The maximum Gasteiger partial charge on any atom is 0.304 e. The summed E-state index contributed by atoms with van der Waals surface area (Å²) in [6, 6.07) is -0.293. The molecule has 16 heavy (non-hydrogen) atoms. The summed E-state index contributed by atoms with van der Waals surface area (Å²) in [5.74, 6) is 0.884. The topological polar surface area (TPSA) is 69.6 Å². The molecule has 0 aromatic heterocycles. The van der Waals surface area contributed by atoms with E-state index in [1.54, 1.807) is 18.8 Å². The molecule has 0 aliphatic carbocycles. The number of carboxylic acids is 1. The van der Waals surface area contributed by atoms with Crippen molar-refractivity contribution in [2.75, 3.05) is 25.1 Å². The zero-order chi connectivity index (χ0) is 12.1. The lowest BCUT2D eigenvalue weighted by Gasteiger charge is -2.37. The molecule has 0 saturated carbocycles. The van der Waals surface area contributed by atoms with Crippen molar-refractivity contribution >= 4 is 23.6 Å². The fourth-order valence-corrected chi connectivity index (χ4v) is 3.00. The van der Waals surface area contributed by atoms with Gasteiger partial charge in [-0.25, -0.2) is 0 Å². The van der Waals surface area contributed by atoms with Gasteiger partial charge in [0.1, 0.15) is 0 Å². The number of hydrogen-bond donors (Lipinski definition) is 2. The number of amides is 1. The Morgan fingerprint density at radius 2 is 2.31 bits per heavy atom. The second-order valence-corrected chi connectivity index (χ2v) is 5.00. The zero-order valence-corrected chi connectivity index (χ0v) is 10.4. The molecule has 0 aromatic carbocycles. The summed E-state index contributed by atoms with van der Waals surface area (Å²) in [4.78, 5) is 24.3. The molecule has 1 aliphatic rings. The van der Waals surface area contributed by atoms with Crippen LogP contribution in [0.2, 0.25) is 0 Å². The molecular formula is C10H18N2O3S. The molecule has 1 saturated heterocycles. The minimum absolute atomic E-state index is 0.0384. The van der Waals surface area contributed by atoms with Crippen LogP contribution >= 0.6 is 11.8 Å². The van der Waals surface area contributed by atoms with Gasteiger partial charge in [-0.2, -0.15) is 11.8 Å². The van der Waals surface area contributed by atoms with Crippen LogP contribution in [0.5, 0.6) is 0 Å². The molecule has 1 aliphatic heterocycles. The van der Waals surface area contributed by atoms with Gasteiger partial charge in [0, 0.05) is 31.1 Å². The standard InChI is InChI=1S/C10H18N2O3S/c1-7(10(15)11-2)12-3-4-16-6-8(12)5-9(13)14/h7-8H,3-6H2,1-2H3,(H,11,15)(H,13,14). The largest absolute Gasteiger partial charge is 0.481 e. The summed E-state index contributed by atoms with van der Waals surface area (Å²) < 4.78 is 0. The van der Waals surface area contributed by atoms with Crippen molar-refractivity contribution in [1.29, 1.82) is 0 Å². The molecule has 1 fully saturated rings. The summed E-state index contributed by atoms with van der Waals surface area (Å²) in [5, 5.41) is 11.4. The van der Waals surface area contributed by atoms with Crippen LogP contribution in [0, 0.1) is 0 Å². The molecule has 2 atom stereocenters. The molecule has 0 aromatic rings. The number of nitrogens with one attached hydrogen (secondary N) is 1. The van der Waals surface area contributed by atoms with Crippen LogP contribution in [0.1, 0.15) is 13.3 Å². The maximum absolute atomic E-state index is 11.5. The van der Waals surface area contributed by atoms with E-state index in [2.05, 4.69) is 5.32 Å². The summed E-state index contributed by atoms with van der Waals surface area (Å²) in [5.41, 5.74) is 0. The molecule has 92 valence electrons. The number of nitrogens with zero attached hydrogens (tertiary/aromatic N) is 1. The summed E-state index contributed by atoms with van der Waals surface area (Å²) in [7, 11) is 1.60. The molecule has 0 spiro atoms. The highest BCUT2D eigenvalue weighted by atomic mass is 32.2. The fraction of sp³-hybridized carbons (Fsp3) is 0.800. The predicted molar refractivity (Wildman–Crippen MR) is 63.6 cm³/mol. The van der Waals surface area contributed by atoms with E-state index in [-0.39, 0.29) is 24.4 Å². The number of aliphatic carboxylic acids is 1. The molecule has 2 N–H and O–H groups in total. The summed E-state index contributed by atoms with van der Waals surface area (Å²) >= 11 is 1.75. The number of hydrogen-bond acceptors (Lipinski definition) is 4. The first-order valence-corrected chi connectivity index (χ1v) is 6.48. The number of likely N-dealkylation sites (N-methyl/N-ethyl adjacent to an activating group) is 1. The fourth-order valence-electron chi connectivity index (χ4n) is 1.91. The van der Waals surface area contributed by atoms with Crippen LogP contribution in [-0.4, -0.2) is 59.1 Å². The third-order valence-corrected chi connectivity index (χ3v) is 3.90. The summed E-state index contributed by atoms with van der Waals surface area (Å²) in [6.07, 6.45) is 0.105. The van der Waals surface area contributed by atoms with Gasteiger partial charge in [-0.3, -0.25) is 14.5 Å². The monoisotopic (exact) mass is 246 g/mol. The van der Waals surface area contributed by atoms with Crippen LogP contribution < -0.4 is 5.32 Å². The molecule has 0 bridgehead atoms. The number of thioether (sulfide) groups is 1. The minimum atomic E-state index is -0.804. The van der Waals surface area contributed by atoms with Gasteiger partial charge in [0.05, 0.1) is 12.5 Å². The van der Waals surface area contributed by atoms with Crippen molar-refractivity contribution in [1.82, 2.24) is 10.2 Å². The predicted octanol–water partition coefficient (Wildman–Crippen LogP) is 0.0130. The van der Waals surface area contributed by atoms with Gasteiger partial charge in [-0.05, 0) is 6.92 Å². The quantitative estimate of drug-likeness (QED) is 0.731. The van der Waals surface area contributed by atoms with Gasteiger partial charge in [0.25, 0.3) is 0 Å². The average molecular weight is 246 g/mol. The second-order valence-electron chi connectivity index (χ2n) is 3.85. The lowest BCUT2D eigenvalue weighted by atomic mass is 10.1. The van der Waals surface area contributed by atoms with Crippen molar-refractivity contribution in [3.63, 3.8) is 0 Å². The number of rotatable bonds is 4.